The highest BCUT2D eigenvalue weighted by atomic mass is 32.2. The molecule has 1 fully saturated rings. The molecule has 0 radical (unpaired) electrons. The molecule has 1 aromatic carbocycles. The molecule has 3 rings (SSSR count). The van der Waals surface area contributed by atoms with Crippen molar-refractivity contribution in [1.82, 2.24) is 14.9 Å². The van der Waals surface area contributed by atoms with Gasteiger partial charge in [-0.1, -0.05) is 6.08 Å². The number of carbonyl (C=O) groups excluding carboxylic acids is 1. The number of benzene rings is 1. The molecule has 1 aliphatic rings. The topological polar surface area (TPSA) is 83.1 Å². The zero-order valence-electron chi connectivity index (χ0n) is 12.0. The summed E-state index contributed by atoms with van der Waals surface area (Å²) in [5.41, 5.74) is 2.08. The summed E-state index contributed by atoms with van der Waals surface area (Å²) in [6, 6.07) is 4.94. The van der Waals surface area contributed by atoms with Crippen LogP contribution in [0.1, 0.15) is 16.8 Å². The van der Waals surface area contributed by atoms with Gasteiger partial charge >= 0.3 is 0 Å². The second kappa shape index (κ2) is 5.57. The molecular formula is C15H17N3O3S. The van der Waals surface area contributed by atoms with Crippen molar-refractivity contribution in [1.29, 1.82) is 0 Å². The highest BCUT2D eigenvalue weighted by Crippen LogP contribution is 2.21. The van der Waals surface area contributed by atoms with Crippen molar-refractivity contribution >= 4 is 26.8 Å². The number of carbonyl (C=O) groups is 1. The number of aromatic nitrogens is 2. The van der Waals surface area contributed by atoms with E-state index in [9.17, 15) is 13.2 Å². The molecule has 7 heteroatoms. The lowest BCUT2D eigenvalue weighted by molar-refractivity contribution is 0.0721. The van der Waals surface area contributed by atoms with Crippen LogP contribution in [0.5, 0.6) is 0 Å². The average Bonchev–Trinajstić information content (AvgIpc) is 3.09. The first-order chi connectivity index (χ1) is 10.5. The summed E-state index contributed by atoms with van der Waals surface area (Å²) in [4.78, 5) is 21.4. The maximum atomic E-state index is 12.7. The summed E-state index contributed by atoms with van der Waals surface area (Å²) in [6.07, 6.45) is 3.68. The van der Waals surface area contributed by atoms with Gasteiger partial charge in [0.05, 0.1) is 28.9 Å². The van der Waals surface area contributed by atoms with Crippen LogP contribution in [0.15, 0.2) is 37.2 Å². The minimum atomic E-state index is -3.04. The van der Waals surface area contributed by atoms with Gasteiger partial charge in [-0.05, 0) is 24.6 Å². The maximum absolute atomic E-state index is 12.7. The number of hydrogen-bond acceptors (Lipinski definition) is 4. The molecule has 0 saturated carbocycles. The lowest BCUT2D eigenvalue weighted by Gasteiger charge is -2.27. The van der Waals surface area contributed by atoms with E-state index in [4.69, 9.17) is 0 Å². The molecule has 0 aliphatic carbocycles. The number of amides is 1. The fourth-order valence-corrected chi connectivity index (χ4v) is 4.52. The van der Waals surface area contributed by atoms with Gasteiger partial charge in [0.15, 0.2) is 9.84 Å². The van der Waals surface area contributed by atoms with Crippen LogP contribution < -0.4 is 0 Å². The monoisotopic (exact) mass is 319 g/mol. The van der Waals surface area contributed by atoms with Crippen LogP contribution >= 0.6 is 0 Å². The zero-order chi connectivity index (χ0) is 15.7. The highest BCUT2D eigenvalue weighted by molar-refractivity contribution is 7.91. The molecule has 1 unspecified atom stereocenters. The Morgan fingerprint density at radius 1 is 1.50 bits per heavy atom. The van der Waals surface area contributed by atoms with E-state index in [2.05, 4.69) is 16.5 Å². The number of aromatic amines is 1. The third kappa shape index (κ3) is 2.76. The highest BCUT2D eigenvalue weighted by Gasteiger charge is 2.34. The summed E-state index contributed by atoms with van der Waals surface area (Å²) in [5, 5.41) is 0. The van der Waals surface area contributed by atoms with Crippen molar-refractivity contribution in [3.8, 4) is 0 Å². The average molecular weight is 319 g/mol. The Labute approximate surface area is 128 Å². The third-order valence-electron chi connectivity index (χ3n) is 3.90. The van der Waals surface area contributed by atoms with Gasteiger partial charge in [-0.15, -0.1) is 6.58 Å². The number of nitrogens with one attached hydrogen (secondary N) is 1. The Kier molecular flexibility index (Phi) is 3.74. The van der Waals surface area contributed by atoms with E-state index in [0.29, 0.717) is 18.5 Å². The molecule has 22 heavy (non-hydrogen) atoms. The van der Waals surface area contributed by atoms with E-state index in [1.807, 2.05) is 0 Å². The molecule has 1 amide bonds. The van der Waals surface area contributed by atoms with Crippen LogP contribution in [0.4, 0.5) is 0 Å². The van der Waals surface area contributed by atoms with E-state index in [-0.39, 0.29) is 23.5 Å². The van der Waals surface area contributed by atoms with Gasteiger partial charge < -0.3 is 9.88 Å². The fraction of sp³-hybridized carbons (Fsp3) is 0.333. The van der Waals surface area contributed by atoms with Crippen LogP contribution in [0.3, 0.4) is 0 Å². The lowest BCUT2D eigenvalue weighted by atomic mass is 10.1. The smallest absolute Gasteiger partial charge is 0.254 e. The fourth-order valence-electron chi connectivity index (χ4n) is 2.79. The standard InChI is InChI=1S/C15H17N3O3S/c1-2-6-18(12-5-7-22(20,21)9-12)15(19)11-3-4-13-14(8-11)17-10-16-13/h2-4,8,10,12H,1,5-7,9H2,(H,16,17). The van der Waals surface area contributed by atoms with Crippen molar-refractivity contribution in [2.24, 2.45) is 0 Å². The maximum Gasteiger partial charge on any atom is 0.254 e. The Morgan fingerprint density at radius 3 is 3.00 bits per heavy atom. The SMILES string of the molecule is C=CCN(C(=O)c1ccc2nc[nH]c2c1)C1CCS(=O)(=O)C1. The number of sulfone groups is 1. The van der Waals surface area contributed by atoms with Crippen molar-refractivity contribution in [2.75, 3.05) is 18.1 Å². The van der Waals surface area contributed by atoms with Gasteiger partial charge in [0.2, 0.25) is 0 Å². The van der Waals surface area contributed by atoms with Crippen LogP contribution in [0.2, 0.25) is 0 Å². The van der Waals surface area contributed by atoms with Crippen molar-refractivity contribution in [3.05, 3.63) is 42.7 Å². The molecule has 1 atom stereocenters. The Morgan fingerprint density at radius 2 is 2.32 bits per heavy atom. The summed E-state index contributed by atoms with van der Waals surface area (Å²) in [7, 11) is -3.04. The first-order valence-corrected chi connectivity index (χ1v) is 8.88. The number of rotatable bonds is 4. The molecule has 6 nitrogen and oxygen atoms in total. The van der Waals surface area contributed by atoms with E-state index in [1.54, 1.807) is 35.5 Å². The summed E-state index contributed by atoms with van der Waals surface area (Å²) < 4.78 is 23.3. The van der Waals surface area contributed by atoms with Gasteiger partial charge in [0.1, 0.15) is 0 Å². The predicted octanol–water partition coefficient (Wildman–Crippen LogP) is 1.38. The van der Waals surface area contributed by atoms with Crippen LogP contribution in [0.25, 0.3) is 11.0 Å². The minimum Gasteiger partial charge on any atom is -0.345 e. The summed E-state index contributed by atoms with van der Waals surface area (Å²) >= 11 is 0. The molecule has 2 aromatic rings. The number of fused-ring (bicyclic) bond motifs is 1. The normalized spacial score (nSPS) is 20.1. The van der Waals surface area contributed by atoms with Crippen LogP contribution in [0, 0.1) is 0 Å². The van der Waals surface area contributed by atoms with Gasteiger partial charge in [0, 0.05) is 18.2 Å². The molecular weight excluding hydrogens is 302 g/mol. The van der Waals surface area contributed by atoms with Gasteiger partial charge in [-0.25, -0.2) is 13.4 Å². The molecule has 2 heterocycles. The van der Waals surface area contributed by atoms with Crippen LogP contribution in [-0.2, 0) is 9.84 Å². The first-order valence-electron chi connectivity index (χ1n) is 7.05. The summed E-state index contributed by atoms with van der Waals surface area (Å²) in [5.74, 6) is -0.0182. The molecule has 1 aromatic heterocycles. The summed E-state index contributed by atoms with van der Waals surface area (Å²) in [6.45, 7) is 4.00. The second-order valence-corrected chi connectivity index (χ2v) is 7.67. The molecule has 116 valence electrons. The molecule has 1 saturated heterocycles. The van der Waals surface area contributed by atoms with E-state index in [1.165, 1.54) is 0 Å². The Bertz CT molecular complexity index is 825. The first kappa shape index (κ1) is 14.8. The van der Waals surface area contributed by atoms with Crippen molar-refractivity contribution in [2.45, 2.75) is 12.5 Å². The van der Waals surface area contributed by atoms with Crippen molar-refractivity contribution in [3.63, 3.8) is 0 Å². The van der Waals surface area contributed by atoms with E-state index < -0.39 is 9.84 Å². The molecule has 1 aliphatic heterocycles. The second-order valence-electron chi connectivity index (χ2n) is 5.44. The van der Waals surface area contributed by atoms with E-state index in [0.717, 1.165) is 11.0 Å². The lowest BCUT2D eigenvalue weighted by Crippen LogP contribution is -2.41. The Hall–Kier alpha value is -2.15. The molecule has 1 N–H and O–H groups in total. The number of imidazole rings is 1. The quantitative estimate of drug-likeness (QED) is 0.863. The Balaban J connectivity index is 1.90. The van der Waals surface area contributed by atoms with Crippen molar-refractivity contribution < 1.29 is 13.2 Å². The number of nitrogens with zero attached hydrogens (tertiary/aromatic N) is 2. The minimum absolute atomic E-state index is 0.0267. The predicted molar refractivity (Wildman–Crippen MR) is 84.4 cm³/mol. The van der Waals surface area contributed by atoms with Gasteiger partial charge in [-0.3, -0.25) is 4.79 Å². The van der Waals surface area contributed by atoms with Crippen LogP contribution in [-0.4, -0.2) is 53.3 Å². The zero-order valence-corrected chi connectivity index (χ0v) is 12.8. The third-order valence-corrected chi connectivity index (χ3v) is 5.65. The largest absolute Gasteiger partial charge is 0.345 e. The number of H-pyrrole nitrogens is 1. The number of hydrogen-bond donors (Lipinski definition) is 1. The van der Waals surface area contributed by atoms with Gasteiger partial charge in [-0.2, -0.15) is 0 Å². The van der Waals surface area contributed by atoms with Gasteiger partial charge in [0.25, 0.3) is 5.91 Å². The molecule has 0 spiro atoms. The van der Waals surface area contributed by atoms with E-state index >= 15 is 0 Å². The molecule has 0 bridgehead atoms.